The summed E-state index contributed by atoms with van der Waals surface area (Å²) in [4.78, 5) is -0.114. The number of benzene rings is 1. The molecule has 1 aromatic carbocycles. The molecule has 0 fully saturated rings. The molecule has 0 spiro atoms. The van der Waals surface area contributed by atoms with E-state index >= 15 is 0 Å². The Morgan fingerprint density at radius 1 is 1.27 bits per heavy atom. The van der Waals surface area contributed by atoms with Crippen molar-refractivity contribution in [2.24, 2.45) is 5.14 Å². The summed E-state index contributed by atoms with van der Waals surface area (Å²) in [7, 11) is -3.76. The summed E-state index contributed by atoms with van der Waals surface area (Å²) < 4.78 is 45.2. The molecule has 0 aliphatic heterocycles. The smallest absolute Gasteiger partial charge is 1.00 e. The largest absolute Gasteiger partial charge is 1.00 e. The summed E-state index contributed by atoms with van der Waals surface area (Å²) in [5.41, 5.74) is 0.132. The number of sulfonamides is 1. The monoisotopic (exact) mass is 230 g/mol. The molecule has 0 saturated heterocycles. The molecule has 15 heavy (non-hydrogen) atoms. The van der Waals surface area contributed by atoms with E-state index in [0.29, 0.717) is 0 Å². The zero-order valence-corrected chi connectivity index (χ0v) is 8.76. The Labute approximate surface area is 99.6 Å². The molecule has 0 saturated carbocycles. The number of nitrogens with two attached hydrogens (primary N) is 1. The van der Waals surface area contributed by atoms with Gasteiger partial charge < -0.3 is 6.74 Å². The molecule has 1 rings (SSSR count). The summed E-state index contributed by atoms with van der Waals surface area (Å²) in [5.74, 6) is 0. The molecule has 0 unspecified atom stereocenters. The minimum atomic E-state index is -3.76. The fourth-order valence-corrected chi connectivity index (χ4v) is 1.38. The molecular weight excluding hydrogens is 221 g/mol. The summed E-state index contributed by atoms with van der Waals surface area (Å²) in [6.07, 6.45) is 0. The van der Waals surface area contributed by atoms with Crippen LogP contribution in [0.5, 0.6) is 0 Å². The second-order valence-electron chi connectivity index (χ2n) is 2.51. The molecule has 0 aromatic heterocycles. The van der Waals surface area contributed by atoms with E-state index in [4.69, 9.17) is 5.14 Å². The number of halogens is 2. The number of hydrogen-bond donors (Lipinski definition) is 2. The van der Waals surface area contributed by atoms with Crippen molar-refractivity contribution in [2.75, 3.05) is 5.32 Å². The van der Waals surface area contributed by atoms with E-state index in [1.54, 1.807) is 0 Å². The average molecular weight is 230 g/mol. The van der Waals surface area contributed by atoms with E-state index in [1.807, 2.05) is 5.32 Å². The first-order chi connectivity index (χ1) is 6.39. The number of nitrogens with one attached hydrogen (secondary N) is 1. The van der Waals surface area contributed by atoms with Crippen LogP contribution in [0.4, 0.5) is 14.5 Å². The third-order valence-electron chi connectivity index (χ3n) is 1.46. The molecular formula is C7H9F2LiN2O2S. The zero-order chi connectivity index (χ0) is 10.8. The Morgan fingerprint density at radius 2 is 1.73 bits per heavy atom. The molecule has 1 aromatic rings. The predicted molar refractivity (Wildman–Crippen MR) is 48.6 cm³/mol. The quantitative estimate of drug-likeness (QED) is 0.470. The second-order valence-corrected chi connectivity index (χ2v) is 4.08. The van der Waals surface area contributed by atoms with Gasteiger partial charge in [0.05, 0.1) is 4.90 Å². The first-order valence-corrected chi connectivity index (χ1v) is 5.12. The van der Waals surface area contributed by atoms with Gasteiger partial charge in [-0.3, -0.25) is 0 Å². The molecule has 8 heteroatoms. The number of primary sulfonamides is 1. The topological polar surface area (TPSA) is 72.2 Å². The van der Waals surface area contributed by atoms with Gasteiger partial charge in [0.25, 0.3) is 0 Å². The van der Waals surface area contributed by atoms with E-state index in [-0.39, 0.29) is 30.9 Å². The van der Waals surface area contributed by atoms with Crippen LogP contribution in [0.1, 0.15) is 1.43 Å². The fourth-order valence-electron chi connectivity index (χ4n) is 0.867. The first-order valence-electron chi connectivity index (χ1n) is 3.57. The molecule has 0 amide bonds. The Hall–Kier alpha value is -0.613. The molecule has 3 N–H and O–H groups in total. The molecule has 80 valence electrons. The van der Waals surface area contributed by atoms with Gasteiger partial charge in [-0.25, -0.2) is 13.6 Å². The van der Waals surface area contributed by atoms with Gasteiger partial charge >= 0.3 is 25.4 Å². The Balaban J connectivity index is 0. The van der Waals surface area contributed by atoms with Crippen LogP contribution in [0.2, 0.25) is 0 Å². The van der Waals surface area contributed by atoms with Crippen LogP contribution in [0.25, 0.3) is 0 Å². The third-order valence-corrected chi connectivity index (χ3v) is 2.39. The maximum atomic E-state index is 11.8. The zero-order valence-electron chi connectivity index (χ0n) is 8.94. The van der Waals surface area contributed by atoms with Gasteiger partial charge in [-0.2, -0.15) is 8.78 Å². The molecule has 0 aliphatic carbocycles. The van der Waals surface area contributed by atoms with E-state index in [2.05, 4.69) is 0 Å². The van der Waals surface area contributed by atoms with Crippen molar-refractivity contribution in [1.29, 1.82) is 0 Å². The molecule has 0 radical (unpaired) electrons. The van der Waals surface area contributed by atoms with Crippen LogP contribution in [0.15, 0.2) is 29.2 Å². The van der Waals surface area contributed by atoms with Crippen molar-refractivity contribution in [3.05, 3.63) is 24.3 Å². The van der Waals surface area contributed by atoms with Crippen LogP contribution in [0.3, 0.4) is 0 Å². The number of hydrogen-bond acceptors (Lipinski definition) is 3. The van der Waals surface area contributed by atoms with Crippen molar-refractivity contribution in [2.45, 2.75) is 11.4 Å². The van der Waals surface area contributed by atoms with Crippen molar-refractivity contribution in [1.82, 2.24) is 0 Å². The summed E-state index contributed by atoms with van der Waals surface area (Å²) in [6.45, 7) is -2.68. The van der Waals surface area contributed by atoms with E-state index < -0.39 is 16.6 Å². The van der Waals surface area contributed by atoms with Gasteiger partial charge in [0.15, 0.2) is 0 Å². The van der Waals surface area contributed by atoms with Gasteiger partial charge in [0, 0.05) is 5.69 Å². The third kappa shape index (κ3) is 4.62. The minimum absolute atomic E-state index is 0. The molecule has 0 aliphatic rings. The Kier molecular flexibility index (Phi) is 5.24. The summed E-state index contributed by atoms with van der Waals surface area (Å²) >= 11 is 0. The standard InChI is InChI=1S/C7H8F2N2O2S.Li.H/c8-7(9)11-5-1-3-6(4-2-5)14(10,12)13;;/h1-4,7,11H,(H2,10,12,13);;/q;+1;-1. The average Bonchev–Trinajstić information content (AvgIpc) is 2.02. The van der Waals surface area contributed by atoms with Gasteiger partial charge in [-0.05, 0) is 24.3 Å². The maximum Gasteiger partial charge on any atom is 1.00 e. The van der Waals surface area contributed by atoms with Gasteiger partial charge in [-0.1, -0.05) is 0 Å². The van der Waals surface area contributed by atoms with Crippen molar-refractivity contribution >= 4 is 15.7 Å². The van der Waals surface area contributed by atoms with Crippen molar-refractivity contribution < 1.29 is 37.5 Å². The van der Waals surface area contributed by atoms with Crippen LogP contribution < -0.4 is 29.3 Å². The SMILES string of the molecule is NS(=O)(=O)c1ccc(NC(F)F)cc1.[H-].[Li+]. The van der Waals surface area contributed by atoms with E-state index in [1.165, 1.54) is 12.1 Å². The predicted octanol–water partition coefficient (Wildman–Crippen LogP) is -1.91. The number of rotatable bonds is 3. The van der Waals surface area contributed by atoms with Crippen LogP contribution in [-0.4, -0.2) is 15.0 Å². The normalized spacial score (nSPS) is 10.9. The Morgan fingerprint density at radius 3 is 2.07 bits per heavy atom. The number of anilines is 1. The van der Waals surface area contributed by atoms with Gasteiger partial charge in [0.2, 0.25) is 10.0 Å². The van der Waals surface area contributed by atoms with E-state index in [0.717, 1.165) is 12.1 Å². The molecule has 0 heterocycles. The van der Waals surface area contributed by atoms with Crippen molar-refractivity contribution in [3.8, 4) is 0 Å². The first kappa shape index (κ1) is 14.4. The summed E-state index contributed by atoms with van der Waals surface area (Å²) in [6, 6.07) is 4.73. The van der Waals surface area contributed by atoms with E-state index in [9.17, 15) is 17.2 Å². The second kappa shape index (κ2) is 5.47. The van der Waals surface area contributed by atoms with Gasteiger partial charge in [0.1, 0.15) is 0 Å². The molecule has 0 bridgehead atoms. The maximum absolute atomic E-state index is 11.8. The van der Waals surface area contributed by atoms with Crippen molar-refractivity contribution in [3.63, 3.8) is 0 Å². The Bertz CT molecular complexity index is 413. The summed E-state index contributed by atoms with van der Waals surface area (Å²) in [5, 5.41) is 6.63. The fraction of sp³-hybridized carbons (Fsp3) is 0.143. The van der Waals surface area contributed by atoms with Crippen LogP contribution in [-0.2, 0) is 10.0 Å². The minimum Gasteiger partial charge on any atom is -1.00 e. The van der Waals surface area contributed by atoms with Gasteiger partial charge in [-0.15, -0.1) is 0 Å². The van der Waals surface area contributed by atoms with Crippen LogP contribution >= 0.6 is 0 Å². The molecule has 0 atom stereocenters. The van der Waals surface area contributed by atoms with Crippen LogP contribution in [0, 0.1) is 0 Å². The molecule has 4 nitrogen and oxygen atoms in total. The number of alkyl halides is 2.